The second-order valence-corrected chi connectivity index (χ2v) is 3.46. The molecule has 14 heavy (non-hydrogen) atoms. The van der Waals surface area contributed by atoms with Gasteiger partial charge in [0.25, 0.3) is 0 Å². The van der Waals surface area contributed by atoms with Crippen molar-refractivity contribution in [3.05, 3.63) is 0 Å². The summed E-state index contributed by atoms with van der Waals surface area (Å²) in [6, 6.07) is 0. The summed E-state index contributed by atoms with van der Waals surface area (Å²) in [5.41, 5.74) is 0. The van der Waals surface area contributed by atoms with Crippen molar-refractivity contribution in [1.82, 2.24) is 4.90 Å². The van der Waals surface area contributed by atoms with Crippen LogP contribution in [0, 0.1) is 0 Å². The van der Waals surface area contributed by atoms with Crippen LogP contribution >= 0.6 is 0 Å². The van der Waals surface area contributed by atoms with Gasteiger partial charge in [-0.15, -0.1) is 0 Å². The first-order valence-electron chi connectivity index (χ1n) is 5.56. The maximum atomic E-state index is 5.51. The minimum absolute atomic E-state index is 0.522. The number of methoxy groups -OCH3 is 2. The van der Waals surface area contributed by atoms with Crippen molar-refractivity contribution >= 4 is 0 Å². The van der Waals surface area contributed by atoms with Gasteiger partial charge < -0.3 is 9.47 Å². The van der Waals surface area contributed by atoms with Crippen LogP contribution in [0.2, 0.25) is 0 Å². The zero-order valence-electron chi connectivity index (χ0n) is 10.3. The third-order valence-corrected chi connectivity index (χ3v) is 2.55. The first-order valence-corrected chi connectivity index (χ1v) is 5.56. The Morgan fingerprint density at radius 2 is 1.36 bits per heavy atom. The highest BCUT2D eigenvalue weighted by molar-refractivity contribution is 4.69. The van der Waals surface area contributed by atoms with Crippen LogP contribution in [0.4, 0.5) is 0 Å². The van der Waals surface area contributed by atoms with Crippen molar-refractivity contribution in [2.45, 2.75) is 45.9 Å². The fraction of sp³-hybridized carbons (Fsp3) is 1.00. The molecule has 0 aliphatic rings. The Labute approximate surface area is 88.4 Å². The Morgan fingerprint density at radius 3 is 1.57 bits per heavy atom. The van der Waals surface area contributed by atoms with Gasteiger partial charge in [0.15, 0.2) is 0 Å². The van der Waals surface area contributed by atoms with Crippen LogP contribution in [0.5, 0.6) is 0 Å². The number of ether oxygens (including phenoxy) is 2. The zero-order valence-corrected chi connectivity index (χ0v) is 10.3. The van der Waals surface area contributed by atoms with Crippen LogP contribution < -0.4 is 0 Å². The maximum Gasteiger partial charge on any atom is 0.229 e. The second-order valence-electron chi connectivity index (χ2n) is 3.46. The molecule has 0 bridgehead atoms. The lowest BCUT2D eigenvalue weighted by atomic mass is 10.2. The molecular formula is C11H25NO2. The summed E-state index contributed by atoms with van der Waals surface area (Å²) in [5, 5.41) is 0. The molecule has 0 rings (SSSR count). The molecule has 0 N–H and O–H groups in total. The van der Waals surface area contributed by atoms with E-state index in [9.17, 15) is 0 Å². The van der Waals surface area contributed by atoms with Crippen molar-refractivity contribution in [2.24, 2.45) is 0 Å². The van der Waals surface area contributed by atoms with Crippen LogP contribution in [0.25, 0.3) is 0 Å². The molecule has 0 saturated carbocycles. The normalized spacial score (nSPS) is 12.4. The Morgan fingerprint density at radius 1 is 0.929 bits per heavy atom. The van der Waals surface area contributed by atoms with Crippen molar-refractivity contribution in [2.75, 3.05) is 27.3 Å². The molecule has 0 spiro atoms. The Balaban J connectivity index is 4.52. The van der Waals surface area contributed by atoms with Gasteiger partial charge in [0.05, 0.1) is 0 Å². The Kier molecular flexibility index (Phi) is 7.15. The smallest absolute Gasteiger partial charge is 0.229 e. The Hall–Kier alpha value is -0.120. The molecule has 0 aliphatic heterocycles. The average Bonchev–Trinajstić information content (AvgIpc) is 2.22. The minimum Gasteiger partial charge on any atom is -0.341 e. The van der Waals surface area contributed by atoms with Gasteiger partial charge in [0.1, 0.15) is 0 Å². The van der Waals surface area contributed by atoms with Crippen molar-refractivity contribution < 1.29 is 9.47 Å². The van der Waals surface area contributed by atoms with Crippen LogP contribution in [0.1, 0.15) is 40.0 Å². The van der Waals surface area contributed by atoms with E-state index in [0.29, 0.717) is 0 Å². The van der Waals surface area contributed by atoms with E-state index in [1.54, 1.807) is 14.2 Å². The molecule has 3 nitrogen and oxygen atoms in total. The first-order chi connectivity index (χ1) is 6.70. The number of hydrogen-bond donors (Lipinski definition) is 0. The third kappa shape index (κ3) is 3.23. The van der Waals surface area contributed by atoms with E-state index in [0.717, 1.165) is 32.4 Å². The standard InChI is InChI=1S/C11H25NO2/c1-6-9-12(10-7-2)11(8-3,13-4)14-5/h6-10H2,1-5H3. The van der Waals surface area contributed by atoms with E-state index in [2.05, 4.69) is 25.7 Å². The lowest BCUT2D eigenvalue weighted by Gasteiger charge is -2.40. The highest BCUT2D eigenvalue weighted by Gasteiger charge is 2.33. The summed E-state index contributed by atoms with van der Waals surface area (Å²) in [6.45, 7) is 8.47. The quantitative estimate of drug-likeness (QED) is 0.566. The third-order valence-electron chi connectivity index (χ3n) is 2.55. The predicted octanol–water partition coefficient (Wildman–Crippen LogP) is 2.47. The molecule has 0 heterocycles. The summed E-state index contributed by atoms with van der Waals surface area (Å²) >= 11 is 0. The van der Waals surface area contributed by atoms with Crippen LogP contribution in [-0.4, -0.2) is 38.1 Å². The molecule has 0 unspecified atom stereocenters. The minimum atomic E-state index is -0.522. The molecule has 0 fully saturated rings. The fourth-order valence-corrected chi connectivity index (χ4v) is 1.85. The topological polar surface area (TPSA) is 21.7 Å². The van der Waals surface area contributed by atoms with E-state index in [4.69, 9.17) is 9.47 Å². The van der Waals surface area contributed by atoms with Gasteiger partial charge >= 0.3 is 0 Å². The van der Waals surface area contributed by atoms with E-state index in [1.807, 2.05) is 0 Å². The summed E-state index contributed by atoms with van der Waals surface area (Å²) in [6.07, 6.45) is 3.09. The molecule has 0 aromatic rings. The summed E-state index contributed by atoms with van der Waals surface area (Å²) < 4.78 is 11.0. The van der Waals surface area contributed by atoms with Crippen molar-refractivity contribution in [1.29, 1.82) is 0 Å². The predicted molar refractivity (Wildman–Crippen MR) is 59.2 cm³/mol. The highest BCUT2D eigenvalue weighted by atomic mass is 16.7. The molecule has 3 heteroatoms. The zero-order chi connectivity index (χ0) is 11.0. The molecule has 0 saturated heterocycles. The van der Waals surface area contributed by atoms with Gasteiger partial charge in [0.2, 0.25) is 5.91 Å². The largest absolute Gasteiger partial charge is 0.341 e. The van der Waals surface area contributed by atoms with E-state index < -0.39 is 5.91 Å². The van der Waals surface area contributed by atoms with Crippen molar-refractivity contribution in [3.63, 3.8) is 0 Å². The number of hydrogen-bond acceptors (Lipinski definition) is 3. The van der Waals surface area contributed by atoms with E-state index in [-0.39, 0.29) is 0 Å². The lowest BCUT2D eigenvalue weighted by Crippen LogP contribution is -2.52. The molecule has 0 radical (unpaired) electrons. The van der Waals surface area contributed by atoms with E-state index >= 15 is 0 Å². The van der Waals surface area contributed by atoms with Crippen LogP contribution in [0.15, 0.2) is 0 Å². The van der Waals surface area contributed by atoms with Crippen LogP contribution in [0.3, 0.4) is 0 Å². The first kappa shape index (κ1) is 13.9. The molecule has 0 aliphatic carbocycles. The Bertz CT molecular complexity index is 121. The molecule has 0 aromatic heterocycles. The monoisotopic (exact) mass is 203 g/mol. The molecule has 0 aromatic carbocycles. The van der Waals surface area contributed by atoms with Gasteiger partial charge in [-0.2, -0.15) is 0 Å². The van der Waals surface area contributed by atoms with Gasteiger partial charge in [-0.3, -0.25) is 4.90 Å². The van der Waals surface area contributed by atoms with Gasteiger partial charge in [-0.05, 0) is 12.8 Å². The maximum absolute atomic E-state index is 5.51. The highest BCUT2D eigenvalue weighted by Crippen LogP contribution is 2.22. The van der Waals surface area contributed by atoms with Crippen molar-refractivity contribution in [3.8, 4) is 0 Å². The SMILES string of the molecule is CCCN(CCC)C(CC)(OC)OC. The fourth-order valence-electron chi connectivity index (χ4n) is 1.85. The molecule has 0 atom stereocenters. The number of nitrogens with zero attached hydrogens (tertiary/aromatic N) is 1. The molecular weight excluding hydrogens is 178 g/mol. The second kappa shape index (κ2) is 7.21. The van der Waals surface area contributed by atoms with Gasteiger partial charge in [-0.25, -0.2) is 0 Å². The summed E-state index contributed by atoms with van der Waals surface area (Å²) in [7, 11) is 3.43. The van der Waals surface area contributed by atoms with Gasteiger partial charge in [0, 0.05) is 33.7 Å². The molecule has 86 valence electrons. The molecule has 0 amide bonds. The van der Waals surface area contributed by atoms with E-state index in [1.165, 1.54) is 0 Å². The van der Waals surface area contributed by atoms with Gasteiger partial charge in [-0.1, -0.05) is 20.8 Å². The average molecular weight is 203 g/mol. The summed E-state index contributed by atoms with van der Waals surface area (Å²) in [5.74, 6) is -0.522. The lowest BCUT2D eigenvalue weighted by molar-refractivity contribution is -0.297. The number of rotatable bonds is 8. The van der Waals surface area contributed by atoms with Crippen LogP contribution in [-0.2, 0) is 9.47 Å². The summed E-state index contributed by atoms with van der Waals surface area (Å²) in [4.78, 5) is 2.27.